The van der Waals surface area contributed by atoms with E-state index in [0.29, 0.717) is 11.1 Å². The Morgan fingerprint density at radius 2 is 1.31 bits per heavy atom. The maximum absolute atomic E-state index is 10.6. The van der Waals surface area contributed by atoms with E-state index >= 15 is 0 Å². The number of hydrogen-bond donors (Lipinski definition) is 3. The predicted molar refractivity (Wildman–Crippen MR) is 44.2 cm³/mol. The molecule has 0 amide bonds. The van der Waals surface area contributed by atoms with Gasteiger partial charge in [-0.25, -0.2) is 9.59 Å². The number of carbonyl (C=O) groups is 2. The molecule has 0 unspecified atom stereocenters. The molecule has 1 heterocycles. The van der Waals surface area contributed by atoms with Crippen LogP contribution in [0.4, 0.5) is 0 Å². The Labute approximate surface area is 74.0 Å². The highest BCUT2D eigenvalue weighted by Crippen LogP contribution is 2.16. The summed E-state index contributed by atoms with van der Waals surface area (Å²) in [6.45, 7) is 3.14. The zero-order valence-electron chi connectivity index (χ0n) is 7.21. The third-order valence-electron chi connectivity index (χ3n) is 1.99. The summed E-state index contributed by atoms with van der Waals surface area (Å²) in [6.07, 6.45) is 0. The van der Waals surface area contributed by atoms with E-state index in [9.17, 15) is 9.59 Å². The molecule has 0 saturated heterocycles. The summed E-state index contributed by atoms with van der Waals surface area (Å²) in [5, 5.41) is 17.3. The lowest BCUT2D eigenvalue weighted by atomic mass is 10.1. The molecule has 0 bridgehead atoms. The maximum Gasteiger partial charge on any atom is 0.352 e. The molecule has 0 atom stereocenters. The Kier molecular flexibility index (Phi) is 2.10. The first-order chi connectivity index (χ1) is 5.95. The van der Waals surface area contributed by atoms with Crippen LogP contribution in [0.25, 0.3) is 0 Å². The average Bonchev–Trinajstić information content (AvgIpc) is 2.29. The van der Waals surface area contributed by atoms with E-state index < -0.39 is 11.9 Å². The molecular formula is C8H9NO4. The molecule has 0 radical (unpaired) electrons. The Morgan fingerprint density at radius 3 is 1.46 bits per heavy atom. The molecule has 1 aromatic heterocycles. The normalized spacial score (nSPS) is 10.0. The van der Waals surface area contributed by atoms with Gasteiger partial charge in [0.2, 0.25) is 0 Å². The van der Waals surface area contributed by atoms with Gasteiger partial charge in [-0.2, -0.15) is 0 Å². The minimum Gasteiger partial charge on any atom is -0.477 e. The average molecular weight is 183 g/mol. The van der Waals surface area contributed by atoms with Crippen molar-refractivity contribution in [2.24, 2.45) is 0 Å². The highest BCUT2D eigenvalue weighted by atomic mass is 16.4. The fourth-order valence-electron chi connectivity index (χ4n) is 1.12. The van der Waals surface area contributed by atoms with E-state index in [1.807, 2.05) is 0 Å². The molecule has 0 aliphatic rings. The monoisotopic (exact) mass is 183 g/mol. The smallest absolute Gasteiger partial charge is 0.352 e. The fourth-order valence-corrected chi connectivity index (χ4v) is 1.12. The minimum absolute atomic E-state index is 0.0603. The molecule has 5 heteroatoms. The standard InChI is InChI=1S/C8H9NO4/c1-3-4(2)6(8(12)13)9-5(3)7(10)11/h9H,1-2H3,(H,10,11)(H,12,13). The number of carboxylic acids is 2. The summed E-state index contributed by atoms with van der Waals surface area (Å²) < 4.78 is 0. The first-order valence-electron chi connectivity index (χ1n) is 3.61. The van der Waals surface area contributed by atoms with Crippen LogP contribution in [0.5, 0.6) is 0 Å². The zero-order valence-corrected chi connectivity index (χ0v) is 7.21. The molecular weight excluding hydrogens is 174 g/mol. The molecule has 1 aromatic rings. The van der Waals surface area contributed by atoms with Crippen LogP contribution in [0.15, 0.2) is 0 Å². The molecule has 1 rings (SSSR count). The van der Waals surface area contributed by atoms with Gasteiger partial charge in [-0.05, 0) is 25.0 Å². The van der Waals surface area contributed by atoms with Crippen LogP contribution in [0.3, 0.4) is 0 Å². The molecule has 0 aromatic carbocycles. The number of hydrogen-bond acceptors (Lipinski definition) is 2. The minimum atomic E-state index is -1.15. The lowest BCUT2D eigenvalue weighted by molar-refractivity contribution is 0.0689. The molecule has 0 aliphatic carbocycles. The van der Waals surface area contributed by atoms with Crippen LogP contribution in [0.2, 0.25) is 0 Å². The van der Waals surface area contributed by atoms with Gasteiger partial charge in [-0.1, -0.05) is 0 Å². The highest BCUT2D eigenvalue weighted by molar-refractivity contribution is 5.94. The summed E-state index contributed by atoms with van der Waals surface area (Å²) in [6, 6.07) is 0. The van der Waals surface area contributed by atoms with Crippen molar-refractivity contribution in [1.82, 2.24) is 4.98 Å². The lowest BCUT2D eigenvalue weighted by Gasteiger charge is -1.90. The van der Waals surface area contributed by atoms with E-state index in [0.717, 1.165) is 0 Å². The van der Waals surface area contributed by atoms with Gasteiger partial charge in [0.05, 0.1) is 0 Å². The van der Waals surface area contributed by atoms with Crippen LogP contribution in [-0.4, -0.2) is 27.1 Å². The second kappa shape index (κ2) is 2.93. The van der Waals surface area contributed by atoms with Crippen molar-refractivity contribution in [3.05, 3.63) is 22.5 Å². The van der Waals surface area contributed by atoms with Crippen molar-refractivity contribution in [3.63, 3.8) is 0 Å². The summed E-state index contributed by atoms with van der Waals surface area (Å²) in [5.74, 6) is -2.29. The number of nitrogens with one attached hydrogen (secondary N) is 1. The van der Waals surface area contributed by atoms with Crippen molar-refractivity contribution in [2.45, 2.75) is 13.8 Å². The SMILES string of the molecule is Cc1c(C(=O)O)[nH]c(C(=O)O)c1C. The van der Waals surface area contributed by atoms with E-state index in [2.05, 4.69) is 4.98 Å². The van der Waals surface area contributed by atoms with Crippen molar-refractivity contribution < 1.29 is 19.8 Å². The van der Waals surface area contributed by atoms with Crippen LogP contribution in [-0.2, 0) is 0 Å². The van der Waals surface area contributed by atoms with E-state index in [-0.39, 0.29) is 11.4 Å². The topological polar surface area (TPSA) is 90.4 Å². The molecule has 5 nitrogen and oxygen atoms in total. The second-order valence-electron chi connectivity index (χ2n) is 2.74. The third kappa shape index (κ3) is 1.40. The Balaban J connectivity index is 3.36. The van der Waals surface area contributed by atoms with Crippen LogP contribution in [0, 0.1) is 13.8 Å². The van der Waals surface area contributed by atoms with Gasteiger partial charge in [-0.3, -0.25) is 0 Å². The van der Waals surface area contributed by atoms with E-state index in [4.69, 9.17) is 10.2 Å². The van der Waals surface area contributed by atoms with Gasteiger partial charge in [0, 0.05) is 0 Å². The van der Waals surface area contributed by atoms with E-state index in [1.165, 1.54) is 0 Å². The van der Waals surface area contributed by atoms with Gasteiger partial charge < -0.3 is 15.2 Å². The Hall–Kier alpha value is -1.78. The van der Waals surface area contributed by atoms with Gasteiger partial charge in [0.1, 0.15) is 11.4 Å². The number of H-pyrrole nitrogens is 1. The maximum atomic E-state index is 10.6. The van der Waals surface area contributed by atoms with Gasteiger partial charge in [0.25, 0.3) is 0 Å². The number of aromatic carboxylic acids is 2. The third-order valence-corrected chi connectivity index (χ3v) is 1.99. The second-order valence-corrected chi connectivity index (χ2v) is 2.74. The molecule has 3 N–H and O–H groups in total. The zero-order chi connectivity index (χ0) is 10.2. The molecule has 0 saturated carbocycles. The largest absolute Gasteiger partial charge is 0.477 e. The predicted octanol–water partition coefficient (Wildman–Crippen LogP) is 1.03. The number of aromatic amines is 1. The molecule has 70 valence electrons. The summed E-state index contributed by atoms with van der Waals surface area (Å²) in [4.78, 5) is 23.5. The summed E-state index contributed by atoms with van der Waals surface area (Å²) in [7, 11) is 0. The van der Waals surface area contributed by atoms with Crippen molar-refractivity contribution in [2.75, 3.05) is 0 Å². The molecule has 0 spiro atoms. The van der Waals surface area contributed by atoms with Crippen molar-refractivity contribution >= 4 is 11.9 Å². The first kappa shape index (κ1) is 9.31. The first-order valence-corrected chi connectivity index (χ1v) is 3.61. The Bertz CT molecular complexity index is 343. The quantitative estimate of drug-likeness (QED) is 0.638. The summed E-state index contributed by atoms with van der Waals surface area (Å²) >= 11 is 0. The van der Waals surface area contributed by atoms with Gasteiger partial charge in [0.15, 0.2) is 0 Å². The number of aromatic nitrogens is 1. The van der Waals surface area contributed by atoms with Crippen LogP contribution < -0.4 is 0 Å². The number of carboxylic acid groups (broad SMARTS) is 2. The molecule has 0 fully saturated rings. The molecule has 0 aliphatic heterocycles. The van der Waals surface area contributed by atoms with Crippen molar-refractivity contribution in [1.29, 1.82) is 0 Å². The van der Waals surface area contributed by atoms with Gasteiger partial charge in [-0.15, -0.1) is 0 Å². The van der Waals surface area contributed by atoms with Crippen LogP contribution in [0.1, 0.15) is 32.1 Å². The van der Waals surface area contributed by atoms with Crippen molar-refractivity contribution in [3.8, 4) is 0 Å². The lowest BCUT2D eigenvalue weighted by Crippen LogP contribution is -2.01. The number of rotatable bonds is 2. The molecule has 13 heavy (non-hydrogen) atoms. The van der Waals surface area contributed by atoms with E-state index in [1.54, 1.807) is 13.8 Å². The summed E-state index contributed by atoms with van der Waals surface area (Å²) in [5.41, 5.74) is 0.805. The van der Waals surface area contributed by atoms with Gasteiger partial charge >= 0.3 is 11.9 Å². The van der Waals surface area contributed by atoms with Crippen LogP contribution >= 0.6 is 0 Å². The highest BCUT2D eigenvalue weighted by Gasteiger charge is 2.19. The fraction of sp³-hybridized carbons (Fsp3) is 0.250. The Morgan fingerprint density at radius 1 is 1.00 bits per heavy atom.